The van der Waals surface area contributed by atoms with Crippen LogP contribution in [0.4, 0.5) is 10.6 Å². The Morgan fingerprint density at radius 2 is 1.97 bits per heavy atom. The lowest BCUT2D eigenvalue weighted by Crippen LogP contribution is -2.45. The number of nitrogens with two attached hydrogens (primary N) is 1. The first-order valence-electron chi connectivity index (χ1n) is 10.9. The highest BCUT2D eigenvalue weighted by Crippen LogP contribution is 2.28. The quantitative estimate of drug-likeness (QED) is 0.409. The lowest BCUT2D eigenvalue weighted by molar-refractivity contribution is 0.0953. The van der Waals surface area contributed by atoms with Crippen molar-refractivity contribution >= 4 is 28.9 Å². The van der Waals surface area contributed by atoms with Crippen LogP contribution in [0.2, 0.25) is 0 Å². The van der Waals surface area contributed by atoms with E-state index in [9.17, 15) is 14.7 Å². The molecular formula is C21H30N8O4. The van der Waals surface area contributed by atoms with E-state index in [1.54, 1.807) is 6.20 Å². The molecule has 12 nitrogen and oxygen atoms in total. The first-order chi connectivity index (χ1) is 15.6. The van der Waals surface area contributed by atoms with Crippen LogP contribution in [0.5, 0.6) is 0 Å². The molecule has 3 aromatic heterocycles. The SMILES string of the molecule is CCn1c(-c2nonc2N)nc2cncc(C(=O)NCCCCCN(C(=O)O)C(C)(C)C)c21. The highest BCUT2D eigenvalue weighted by molar-refractivity contribution is 6.05. The average Bonchev–Trinajstić information content (AvgIpc) is 3.33. The van der Waals surface area contributed by atoms with Crippen LogP contribution in [-0.4, -0.2) is 65.5 Å². The van der Waals surface area contributed by atoms with Gasteiger partial charge >= 0.3 is 6.09 Å². The first-order valence-corrected chi connectivity index (χ1v) is 10.9. The summed E-state index contributed by atoms with van der Waals surface area (Å²) in [5, 5.41) is 19.7. The summed E-state index contributed by atoms with van der Waals surface area (Å²) in [4.78, 5) is 34.4. The fourth-order valence-corrected chi connectivity index (χ4v) is 3.68. The van der Waals surface area contributed by atoms with Gasteiger partial charge in [-0.15, -0.1) is 0 Å². The minimum absolute atomic E-state index is 0.117. The number of anilines is 1. The van der Waals surface area contributed by atoms with Crippen molar-refractivity contribution in [2.24, 2.45) is 0 Å². The van der Waals surface area contributed by atoms with Gasteiger partial charge in [-0.3, -0.25) is 9.78 Å². The van der Waals surface area contributed by atoms with Crippen molar-refractivity contribution in [3.05, 3.63) is 18.0 Å². The van der Waals surface area contributed by atoms with Crippen LogP contribution in [0, 0.1) is 0 Å². The normalized spacial score (nSPS) is 11.6. The van der Waals surface area contributed by atoms with Crippen LogP contribution >= 0.6 is 0 Å². The van der Waals surface area contributed by atoms with E-state index >= 15 is 0 Å². The summed E-state index contributed by atoms with van der Waals surface area (Å²) in [6, 6.07) is 0. The van der Waals surface area contributed by atoms with E-state index < -0.39 is 11.6 Å². The molecule has 0 spiro atoms. The number of pyridine rings is 1. The summed E-state index contributed by atoms with van der Waals surface area (Å²) in [7, 11) is 0. The number of unbranched alkanes of at least 4 members (excludes halogenated alkanes) is 2. The summed E-state index contributed by atoms with van der Waals surface area (Å²) in [5.41, 5.74) is 7.26. The molecule has 0 bridgehead atoms. The second-order valence-electron chi connectivity index (χ2n) is 8.65. The van der Waals surface area contributed by atoms with E-state index in [0.29, 0.717) is 47.7 Å². The van der Waals surface area contributed by atoms with Gasteiger partial charge in [0, 0.05) is 31.4 Å². The number of carbonyl (C=O) groups excluding carboxylic acids is 1. The predicted octanol–water partition coefficient (Wildman–Crippen LogP) is 2.76. The minimum atomic E-state index is -0.925. The van der Waals surface area contributed by atoms with Crippen molar-refractivity contribution in [2.45, 2.75) is 59.0 Å². The number of hydrogen-bond donors (Lipinski definition) is 3. The molecule has 0 atom stereocenters. The highest BCUT2D eigenvalue weighted by Gasteiger charge is 2.25. The van der Waals surface area contributed by atoms with Gasteiger partial charge in [0.2, 0.25) is 0 Å². The van der Waals surface area contributed by atoms with Gasteiger partial charge in [-0.05, 0) is 57.3 Å². The summed E-state index contributed by atoms with van der Waals surface area (Å²) in [6.45, 7) is 8.98. The number of nitrogens with one attached hydrogen (secondary N) is 1. The third kappa shape index (κ3) is 5.21. The van der Waals surface area contributed by atoms with E-state index in [0.717, 1.165) is 19.3 Å². The number of imidazole rings is 1. The van der Waals surface area contributed by atoms with E-state index in [2.05, 4.69) is 25.6 Å². The fourth-order valence-electron chi connectivity index (χ4n) is 3.68. The van der Waals surface area contributed by atoms with Crippen molar-refractivity contribution in [2.75, 3.05) is 18.8 Å². The Hall–Kier alpha value is -3.70. The summed E-state index contributed by atoms with van der Waals surface area (Å²) >= 11 is 0. The van der Waals surface area contributed by atoms with E-state index in [1.165, 1.54) is 11.1 Å². The van der Waals surface area contributed by atoms with Gasteiger partial charge in [0.1, 0.15) is 5.52 Å². The highest BCUT2D eigenvalue weighted by atomic mass is 16.6. The number of carboxylic acid groups (broad SMARTS) is 1. The molecule has 0 radical (unpaired) electrons. The predicted molar refractivity (Wildman–Crippen MR) is 122 cm³/mol. The van der Waals surface area contributed by atoms with Gasteiger partial charge < -0.3 is 25.6 Å². The topological polar surface area (TPSA) is 165 Å². The number of rotatable bonds is 9. The molecule has 12 heteroatoms. The summed E-state index contributed by atoms with van der Waals surface area (Å²) < 4.78 is 6.52. The lowest BCUT2D eigenvalue weighted by atomic mass is 10.1. The molecule has 0 saturated heterocycles. The molecule has 3 heterocycles. The Kier molecular flexibility index (Phi) is 7.14. The van der Waals surface area contributed by atoms with E-state index in [-0.39, 0.29) is 11.7 Å². The lowest BCUT2D eigenvalue weighted by Gasteiger charge is -2.33. The number of fused-ring (bicyclic) bond motifs is 1. The van der Waals surface area contributed by atoms with Crippen LogP contribution in [-0.2, 0) is 6.54 Å². The zero-order chi connectivity index (χ0) is 24.2. The number of aromatic nitrogens is 5. The second kappa shape index (κ2) is 9.84. The number of aryl methyl sites for hydroxylation is 1. The first kappa shape index (κ1) is 24.0. The van der Waals surface area contributed by atoms with Crippen LogP contribution < -0.4 is 11.1 Å². The molecule has 0 aromatic carbocycles. The Bertz CT molecular complexity index is 1130. The Labute approximate surface area is 191 Å². The van der Waals surface area contributed by atoms with Gasteiger partial charge in [0.15, 0.2) is 17.3 Å². The fraction of sp³-hybridized carbons (Fsp3) is 0.524. The summed E-state index contributed by atoms with van der Waals surface area (Å²) in [6.07, 6.45) is 4.40. The van der Waals surface area contributed by atoms with Crippen molar-refractivity contribution in [1.82, 2.24) is 35.1 Å². The number of nitrogen functional groups attached to an aromatic ring is 1. The Balaban J connectivity index is 1.64. The third-order valence-electron chi connectivity index (χ3n) is 5.32. The van der Waals surface area contributed by atoms with Gasteiger partial charge in [-0.1, -0.05) is 0 Å². The summed E-state index contributed by atoms with van der Waals surface area (Å²) in [5.74, 6) is 0.310. The van der Waals surface area contributed by atoms with Gasteiger partial charge in [-0.2, -0.15) is 0 Å². The largest absolute Gasteiger partial charge is 0.465 e. The van der Waals surface area contributed by atoms with Crippen LogP contribution in [0.1, 0.15) is 57.3 Å². The maximum Gasteiger partial charge on any atom is 0.407 e. The van der Waals surface area contributed by atoms with Gasteiger partial charge in [-0.25, -0.2) is 14.4 Å². The van der Waals surface area contributed by atoms with Crippen molar-refractivity contribution in [3.8, 4) is 11.5 Å². The molecule has 0 saturated carbocycles. The second-order valence-corrected chi connectivity index (χ2v) is 8.65. The number of carbonyl (C=O) groups is 2. The van der Waals surface area contributed by atoms with Crippen LogP contribution in [0.3, 0.4) is 0 Å². The van der Waals surface area contributed by atoms with Gasteiger partial charge in [0.25, 0.3) is 5.91 Å². The van der Waals surface area contributed by atoms with Crippen molar-refractivity contribution < 1.29 is 19.3 Å². The molecule has 0 fully saturated rings. The average molecular weight is 459 g/mol. The molecule has 0 unspecified atom stereocenters. The maximum absolute atomic E-state index is 12.9. The monoisotopic (exact) mass is 458 g/mol. The molecule has 0 aliphatic carbocycles. The van der Waals surface area contributed by atoms with E-state index in [1.807, 2.05) is 32.3 Å². The molecule has 0 aliphatic rings. The maximum atomic E-state index is 12.9. The molecule has 2 amide bonds. The smallest absolute Gasteiger partial charge is 0.407 e. The number of nitrogens with zero attached hydrogens (tertiary/aromatic N) is 6. The molecule has 3 rings (SSSR count). The Morgan fingerprint density at radius 3 is 2.58 bits per heavy atom. The van der Waals surface area contributed by atoms with Crippen LogP contribution in [0.15, 0.2) is 17.0 Å². The molecule has 3 aromatic rings. The van der Waals surface area contributed by atoms with Gasteiger partial charge in [0.05, 0.1) is 17.3 Å². The molecular weight excluding hydrogens is 428 g/mol. The number of hydrogen-bond acceptors (Lipinski definition) is 8. The van der Waals surface area contributed by atoms with Crippen molar-refractivity contribution in [3.63, 3.8) is 0 Å². The molecule has 178 valence electrons. The number of amides is 2. The minimum Gasteiger partial charge on any atom is -0.465 e. The molecule has 33 heavy (non-hydrogen) atoms. The zero-order valence-corrected chi connectivity index (χ0v) is 19.3. The third-order valence-corrected chi connectivity index (χ3v) is 5.32. The zero-order valence-electron chi connectivity index (χ0n) is 19.3. The Morgan fingerprint density at radius 1 is 1.21 bits per heavy atom. The van der Waals surface area contributed by atoms with Crippen LogP contribution in [0.25, 0.3) is 22.6 Å². The van der Waals surface area contributed by atoms with E-state index in [4.69, 9.17) is 10.4 Å². The molecule has 0 aliphatic heterocycles. The standard InChI is InChI=1S/C21H30N8O4/c1-5-28-16-13(11-23-12-14(16)25-18(28)15-17(22)27-33-26-15)19(30)24-9-7-6-8-10-29(20(31)32)21(2,3)4/h11-12H,5-10H2,1-4H3,(H2,22,27)(H,24,30)(H,31,32). The van der Waals surface area contributed by atoms with Crippen molar-refractivity contribution in [1.29, 1.82) is 0 Å². The molecule has 4 N–H and O–H groups in total.